The number of carbonyl (C=O) groups is 1. The predicted molar refractivity (Wildman–Crippen MR) is 120 cm³/mol. The van der Waals surface area contributed by atoms with Crippen LogP contribution in [0.3, 0.4) is 0 Å². The normalized spacial score (nSPS) is 27.9. The van der Waals surface area contributed by atoms with Gasteiger partial charge in [-0.05, 0) is 92.7 Å². The highest BCUT2D eigenvalue weighted by molar-refractivity contribution is 7.88. The van der Waals surface area contributed by atoms with Gasteiger partial charge in [0.05, 0.1) is 11.3 Å². The second-order valence-corrected chi connectivity index (χ2v) is 11.4. The van der Waals surface area contributed by atoms with Crippen LogP contribution in [0, 0.1) is 17.8 Å². The van der Waals surface area contributed by atoms with Crippen molar-refractivity contribution in [3.05, 3.63) is 54.1 Å². The minimum absolute atomic E-state index is 0.137. The Bertz CT molecular complexity index is 1160. The van der Waals surface area contributed by atoms with E-state index in [0.717, 1.165) is 31.4 Å². The summed E-state index contributed by atoms with van der Waals surface area (Å²) in [6, 6.07) is 12.0. The molecular weight excluding hydrogens is 469 g/mol. The molecule has 0 radical (unpaired) electrons. The van der Waals surface area contributed by atoms with Gasteiger partial charge in [0.25, 0.3) is 5.91 Å². The summed E-state index contributed by atoms with van der Waals surface area (Å²) >= 11 is 0. The molecule has 0 atom stereocenters. The Hall–Kier alpha value is -2.75. The third-order valence-corrected chi connectivity index (χ3v) is 8.19. The summed E-state index contributed by atoms with van der Waals surface area (Å²) in [7, 11) is -5.74. The van der Waals surface area contributed by atoms with E-state index in [1.165, 1.54) is 31.4 Å². The lowest BCUT2D eigenvalue weighted by molar-refractivity contribution is -0.0500. The maximum absolute atomic E-state index is 13.3. The maximum Gasteiger partial charge on any atom is 0.534 e. The van der Waals surface area contributed by atoms with Crippen molar-refractivity contribution >= 4 is 27.4 Å². The predicted octanol–water partition coefficient (Wildman–Crippen LogP) is 5.36. The molecule has 4 saturated carbocycles. The molecule has 10 heteroatoms. The number of hydrogen-bond acceptors (Lipinski definition) is 5. The van der Waals surface area contributed by atoms with Gasteiger partial charge in [0, 0.05) is 11.2 Å². The maximum atomic E-state index is 13.3. The van der Waals surface area contributed by atoms with E-state index in [-0.39, 0.29) is 11.4 Å². The van der Waals surface area contributed by atoms with Gasteiger partial charge in [-0.25, -0.2) is 0 Å². The fourth-order valence-corrected chi connectivity index (χ4v) is 6.74. The van der Waals surface area contributed by atoms with Gasteiger partial charge in [-0.2, -0.15) is 21.6 Å². The van der Waals surface area contributed by atoms with Crippen LogP contribution in [0.4, 0.5) is 24.5 Å². The van der Waals surface area contributed by atoms with Crippen LogP contribution in [0.15, 0.2) is 48.5 Å². The van der Waals surface area contributed by atoms with Crippen LogP contribution in [0.1, 0.15) is 48.9 Å². The molecule has 0 aromatic heterocycles. The number of para-hydroxylation sites is 1. The first-order valence-corrected chi connectivity index (χ1v) is 12.7. The summed E-state index contributed by atoms with van der Waals surface area (Å²) in [6.07, 6.45) is 6.92. The Morgan fingerprint density at radius 1 is 0.912 bits per heavy atom. The lowest BCUT2D eigenvalue weighted by Gasteiger charge is -2.56. The molecule has 2 N–H and O–H groups in total. The van der Waals surface area contributed by atoms with Crippen LogP contribution in [0.25, 0.3) is 0 Å². The number of amides is 1. The summed E-state index contributed by atoms with van der Waals surface area (Å²) in [5.74, 6) is 1.47. The van der Waals surface area contributed by atoms with Crippen molar-refractivity contribution < 1.29 is 30.6 Å². The fraction of sp³-hybridized carbons (Fsp3) is 0.458. The number of alkyl halides is 3. The van der Waals surface area contributed by atoms with Crippen LogP contribution >= 0.6 is 0 Å². The van der Waals surface area contributed by atoms with Gasteiger partial charge in [0.2, 0.25) is 0 Å². The summed E-state index contributed by atoms with van der Waals surface area (Å²) in [4.78, 5) is 13.3. The molecule has 6 rings (SSSR count). The van der Waals surface area contributed by atoms with Crippen molar-refractivity contribution in [2.45, 2.75) is 49.6 Å². The minimum Gasteiger partial charge on any atom is -0.376 e. The van der Waals surface area contributed by atoms with E-state index >= 15 is 0 Å². The van der Waals surface area contributed by atoms with Gasteiger partial charge in [-0.15, -0.1) is 0 Å². The number of benzene rings is 2. The average Bonchev–Trinajstić information content (AvgIpc) is 2.73. The van der Waals surface area contributed by atoms with Gasteiger partial charge in [-0.3, -0.25) is 4.79 Å². The smallest absolute Gasteiger partial charge is 0.376 e. The Labute approximate surface area is 196 Å². The lowest BCUT2D eigenvalue weighted by Crippen LogP contribution is -2.59. The van der Waals surface area contributed by atoms with Gasteiger partial charge in [0.15, 0.2) is 0 Å². The van der Waals surface area contributed by atoms with Crippen LogP contribution in [-0.4, -0.2) is 25.4 Å². The zero-order chi connectivity index (χ0) is 24.1. The highest BCUT2D eigenvalue weighted by Crippen LogP contribution is 2.55. The molecule has 4 aliphatic carbocycles. The van der Waals surface area contributed by atoms with Crippen LogP contribution < -0.4 is 14.8 Å². The van der Waals surface area contributed by atoms with E-state index in [9.17, 15) is 26.4 Å². The highest BCUT2D eigenvalue weighted by Gasteiger charge is 2.51. The third-order valence-electron chi connectivity index (χ3n) is 7.21. The van der Waals surface area contributed by atoms with Crippen LogP contribution in [-0.2, 0) is 10.1 Å². The molecule has 0 saturated heterocycles. The van der Waals surface area contributed by atoms with E-state index in [1.807, 2.05) is 0 Å². The third kappa shape index (κ3) is 4.47. The lowest BCUT2D eigenvalue weighted by atomic mass is 9.53. The first kappa shape index (κ1) is 23.0. The fourth-order valence-electron chi connectivity index (χ4n) is 6.29. The Kier molecular flexibility index (Phi) is 5.54. The quantitative estimate of drug-likeness (QED) is 0.417. The zero-order valence-corrected chi connectivity index (χ0v) is 19.1. The van der Waals surface area contributed by atoms with E-state index in [4.69, 9.17) is 0 Å². The van der Waals surface area contributed by atoms with Crippen molar-refractivity contribution in [1.29, 1.82) is 0 Å². The number of carbonyl (C=O) groups excluding carboxylic acids is 1. The second-order valence-electron chi connectivity index (χ2n) is 9.83. The average molecular weight is 495 g/mol. The first-order valence-electron chi connectivity index (χ1n) is 11.3. The van der Waals surface area contributed by atoms with Gasteiger partial charge in [-0.1, -0.05) is 12.1 Å². The van der Waals surface area contributed by atoms with E-state index in [1.54, 1.807) is 24.3 Å². The summed E-state index contributed by atoms with van der Waals surface area (Å²) < 4.78 is 64.0. The molecule has 0 unspecified atom stereocenters. The molecule has 4 fully saturated rings. The van der Waals surface area contributed by atoms with Gasteiger partial charge >= 0.3 is 15.6 Å². The standard InChI is InChI=1S/C24H25F3N2O4S/c25-24(26,27)34(31,32)33-19-7-5-18(6-8-19)28-21-4-2-1-3-20(21)22(30)29-23-12-15-9-16(13-23)11-17(10-15)14-23/h1-8,15-17,28H,9-14H2,(H,29,30). The Morgan fingerprint density at radius 3 is 2.03 bits per heavy atom. The van der Waals surface area contributed by atoms with Crippen molar-refractivity contribution in [3.63, 3.8) is 0 Å². The summed E-state index contributed by atoms with van der Waals surface area (Å²) in [5, 5.41) is 6.44. The number of halogens is 3. The van der Waals surface area contributed by atoms with Crippen molar-refractivity contribution in [3.8, 4) is 5.75 Å². The Morgan fingerprint density at radius 2 is 1.47 bits per heavy atom. The molecule has 1 amide bonds. The summed E-state index contributed by atoms with van der Waals surface area (Å²) in [6.45, 7) is 0. The van der Waals surface area contributed by atoms with Crippen molar-refractivity contribution in [2.75, 3.05) is 5.32 Å². The number of nitrogens with one attached hydrogen (secondary N) is 2. The Balaban J connectivity index is 1.30. The van der Waals surface area contributed by atoms with Crippen LogP contribution in [0.5, 0.6) is 5.75 Å². The number of anilines is 2. The monoisotopic (exact) mass is 494 g/mol. The molecule has 4 aliphatic rings. The molecular formula is C24H25F3N2O4S. The minimum atomic E-state index is -5.74. The molecule has 4 bridgehead atoms. The molecule has 182 valence electrons. The topological polar surface area (TPSA) is 84.5 Å². The summed E-state index contributed by atoms with van der Waals surface area (Å²) in [5.41, 5.74) is -4.17. The zero-order valence-electron chi connectivity index (χ0n) is 18.3. The van der Waals surface area contributed by atoms with Crippen LogP contribution in [0.2, 0.25) is 0 Å². The molecule has 0 heterocycles. The van der Waals surface area contributed by atoms with Crippen molar-refractivity contribution in [2.24, 2.45) is 17.8 Å². The molecule has 2 aromatic rings. The van der Waals surface area contributed by atoms with E-state index in [2.05, 4.69) is 14.8 Å². The molecule has 2 aromatic carbocycles. The van der Waals surface area contributed by atoms with Gasteiger partial charge in [0.1, 0.15) is 5.75 Å². The van der Waals surface area contributed by atoms with E-state index in [0.29, 0.717) is 34.7 Å². The molecule has 34 heavy (non-hydrogen) atoms. The van der Waals surface area contributed by atoms with Crippen molar-refractivity contribution in [1.82, 2.24) is 5.32 Å². The van der Waals surface area contributed by atoms with Gasteiger partial charge < -0.3 is 14.8 Å². The number of rotatable bonds is 6. The largest absolute Gasteiger partial charge is 0.534 e. The molecule has 0 aliphatic heterocycles. The van der Waals surface area contributed by atoms with E-state index < -0.39 is 21.4 Å². The second kappa shape index (κ2) is 8.18. The highest BCUT2D eigenvalue weighted by atomic mass is 32.2. The number of hydrogen-bond donors (Lipinski definition) is 2. The molecule has 6 nitrogen and oxygen atoms in total. The SMILES string of the molecule is O=C(NC12CC3CC(CC(C3)C1)C2)c1ccccc1Nc1ccc(OS(=O)(=O)C(F)(F)F)cc1. The molecule has 0 spiro atoms. The first-order chi connectivity index (χ1) is 16.0.